The first-order valence-corrected chi connectivity index (χ1v) is 15.2. The summed E-state index contributed by atoms with van der Waals surface area (Å²) in [5, 5.41) is 6.69. The molecule has 0 aliphatic carbocycles. The molecule has 3 aromatic rings. The highest BCUT2D eigenvalue weighted by atomic mass is 79.9. The first kappa shape index (κ1) is 28.1. The Balaban J connectivity index is 1.55. The molecule has 0 unspecified atom stereocenters. The average molecular weight is 621 g/mol. The number of nitrogens with zero attached hydrogens (tertiary/aromatic N) is 1. The molecule has 0 aliphatic heterocycles. The van der Waals surface area contributed by atoms with Crippen LogP contribution in [0.5, 0.6) is 0 Å². The van der Waals surface area contributed by atoms with E-state index in [4.69, 9.17) is 11.6 Å². The van der Waals surface area contributed by atoms with Crippen LogP contribution in [0.15, 0.2) is 45.1 Å². The normalized spacial score (nSPS) is 12.9. The van der Waals surface area contributed by atoms with Crippen molar-refractivity contribution in [2.24, 2.45) is 5.92 Å². The molecule has 0 bridgehead atoms. The van der Waals surface area contributed by atoms with Gasteiger partial charge in [-0.25, -0.2) is 12.7 Å². The first-order valence-electron chi connectivity index (χ1n) is 11.0. The number of fused-ring (bicyclic) bond motifs is 1. The van der Waals surface area contributed by atoms with Crippen LogP contribution in [-0.2, 0) is 14.8 Å². The van der Waals surface area contributed by atoms with E-state index in [0.717, 1.165) is 21.4 Å². The molecule has 0 radical (unpaired) electrons. The SMILES string of the molecule is CC(C)C[C@H](NC(=O)c1cc2ccccc2s1)C(=O)NCCCN(C)S(=O)(=O)c1sc(Cl)cc1Br. The maximum atomic E-state index is 12.9. The molecule has 1 atom stereocenters. The van der Waals surface area contributed by atoms with Gasteiger partial charge in [0.05, 0.1) is 13.7 Å². The van der Waals surface area contributed by atoms with E-state index in [-0.39, 0.29) is 35.0 Å². The third-order valence-electron chi connectivity index (χ3n) is 5.20. The van der Waals surface area contributed by atoms with E-state index in [2.05, 4.69) is 26.6 Å². The molecule has 0 saturated heterocycles. The van der Waals surface area contributed by atoms with Crippen molar-refractivity contribution in [2.45, 2.75) is 36.9 Å². The predicted molar refractivity (Wildman–Crippen MR) is 147 cm³/mol. The van der Waals surface area contributed by atoms with Crippen LogP contribution in [0.25, 0.3) is 10.1 Å². The molecule has 0 spiro atoms. The van der Waals surface area contributed by atoms with Crippen LogP contribution < -0.4 is 10.6 Å². The topological polar surface area (TPSA) is 95.6 Å². The standard InChI is InChI=1S/C23H27BrClN3O4S3/c1-14(2)11-17(27-22(30)19-12-15-7-4-5-8-18(15)33-19)21(29)26-9-6-10-28(3)35(31,32)23-16(24)13-20(25)34-23/h4-5,7-8,12-14,17H,6,9-11H2,1-3H3,(H,26,29)(H,27,30)/t17-/m0/s1. The lowest BCUT2D eigenvalue weighted by Crippen LogP contribution is -2.47. The summed E-state index contributed by atoms with van der Waals surface area (Å²) in [6, 6.07) is 10.4. The minimum atomic E-state index is -3.69. The quantitative estimate of drug-likeness (QED) is 0.283. The molecule has 12 heteroatoms. The highest BCUT2D eigenvalue weighted by Gasteiger charge is 2.26. The van der Waals surface area contributed by atoms with Crippen molar-refractivity contribution in [2.75, 3.05) is 20.1 Å². The van der Waals surface area contributed by atoms with Crippen molar-refractivity contribution in [1.29, 1.82) is 0 Å². The predicted octanol–water partition coefficient (Wildman–Crippen LogP) is 5.35. The Morgan fingerprint density at radius 2 is 1.89 bits per heavy atom. The van der Waals surface area contributed by atoms with Gasteiger partial charge in [-0.2, -0.15) is 0 Å². The molecule has 0 aliphatic rings. The van der Waals surface area contributed by atoms with Gasteiger partial charge in [0.1, 0.15) is 6.04 Å². The molecule has 2 N–H and O–H groups in total. The number of hydrogen-bond acceptors (Lipinski definition) is 6. The van der Waals surface area contributed by atoms with E-state index < -0.39 is 16.1 Å². The van der Waals surface area contributed by atoms with E-state index >= 15 is 0 Å². The van der Waals surface area contributed by atoms with Crippen LogP contribution in [0.4, 0.5) is 0 Å². The van der Waals surface area contributed by atoms with Gasteiger partial charge >= 0.3 is 0 Å². The van der Waals surface area contributed by atoms with Crippen molar-refractivity contribution in [3.8, 4) is 0 Å². The van der Waals surface area contributed by atoms with Crippen molar-refractivity contribution in [3.63, 3.8) is 0 Å². The van der Waals surface area contributed by atoms with E-state index in [1.54, 1.807) is 6.07 Å². The number of sulfonamides is 1. The number of carbonyl (C=O) groups excluding carboxylic acids is 2. The summed E-state index contributed by atoms with van der Waals surface area (Å²) in [4.78, 5) is 26.2. The lowest BCUT2D eigenvalue weighted by molar-refractivity contribution is -0.123. The molecule has 3 rings (SSSR count). The monoisotopic (exact) mass is 619 g/mol. The molecule has 7 nitrogen and oxygen atoms in total. The van der Waals surface area contributed by atoms with Crippen LogP contribution in [0, 0.1) is 5.92 Å². The Morgan fingerprint density at radius 3 is 2.51 bits per heavy atom. The average Bonchev–Trinajstić information content (AvgIpc) is 3.38. The fourth-order valence-corrected chi connectivity index (χ4v) is 8.78. The van der Waals surface area contributed by atoms with E-state index in [0.29, 0.717) is 26.5 Å². The summed E-state index contributed by atoms with van der Waals surface area (Å²) in [6.07, 6.45) is 0.904. The van der Waals surface area contributed by atoms with Gasteiger partial charge in [-0.15, -0.1) is 22.7 Å². The molecular formula is C23H27BrClN3O4S3. The number of nitrogens with one attached hydrogen (secondary N) is 2. The molecule has 0 saturated carbocycles. The number of halogens is 2. The third-order valence-corrected chi connectivity index (χ3v) is 11.1. The smallest absolute Gasteiger partial charge is 0.262 e. The zero-order valence-electron chi connectivity index (χ0n) is 19.5. The third kappa shape index (κ3) is 7.27. The summed E-state index contributed by atoms with van der Waals surface area (Å²) >= 11 is 11.5. The Labute approximate surface area is 227 Å². The highest BCUT2D eigenvalue weighted by Crippen LogP contribution is 2.35. The zero-order chi connectivity index (χ0) is 25.8. The Bertz CT molecular complexity index is 1270. The first-order chi connectivity index (χ1) is 16.5. The Kier molecular flexibility index (Phi) is 9.75. The maximum absolute atomic E-state index is 12.9. The summed E-state index contributed by atoms with van der Waals surface area (Å²) in [5.74, 6) is -0.370. The summed E-state index contributed by atoms with van der Waals surface area (Å²) in [6.45, 7) is 4.47. The van der Waals surface area contributed by atoms with Gasteiger partial charge in [0, 0.05) is 24.8 Å². The van der Waals surface area contributed by atoms with Crippen LogP contribution in [0.2, 0.25) is 4.34 Å². The Morgan fingerprint density at radius 1 is 1.17 bits per heavy atom. The lowest BCUT2D eigenvalue weighted by atomic mass is 10.0. The van der Waals surface area contributed by atoms with E-state index in [1.807, 2.05) is 44.2 Å². The number of hydrogen-bond donors (Lipinski definition) is 2. The number of carbonyl (C=O) groups is 2. The van der Waals surface area contributed by atoms with Gasteiger partial charge < -0.3 is 10.6 Å². The van der Waals surface area contributed by atoms with Gasteiger partial charge in [0.15, 0.2) is 4.21 Å². The second kappa shape index (κ2) is 12.2. The Hall–Kier alpha value is -1.50. The fourth-order valence-electron chi connectivity index (χ4n) is 3.43. The van der Waals surface area contributed by atoms with Gasteiger partial charge in [0.25, 0.3) is 15.9 Å². The molecule has 190 valence electrons. The molecule has 2 amide bonds. The number of thiophene rings is 2. The summed E-state index contributed by atoms with van der Waals surface area (Å²) in [7, 11) is -2.20. The number of benzene rings is 1. The van der Waals surface area contributed by atoms with Crippen molar-refractivity contribution < 1.29 is 18.0 Å². The van der Waals surface area contributed by atoms with Gasteiger partial charge in [-0.1, -0.05) is 43.6 Å². The largest absolute Gasteiger partial charge is 0.354 e. The molecule has 35 heavy (non-hydrogen) atoms. The van der Waals surface area contributed by atoms with Crippen LogP contribution in [0.3, 0.4) is 0 Å². The van der Waals surface area contributed by atoms with Gasteiger partial charge in [-0.3, -0.25) is 9.59 Å². The molecule has 0 fully saturated rings. The minimum Gasteiger partial charge on any atom is -0.354 e. The fraction of sp³-hybridized carbons (Fsp3) is 0.391. The van der Waals surface area contributed by atoms with Gasteiger partial charge in [0.2, 0.25) is 5.91 Å². The second-order valence-corrected chi connectivity index (χ2v) is 14.3. The van der Waals surface area contributed by atoms with Gasteiger partial charge in [-0.05, 0) is 58.3 Å². The number of rotatable bonds is 11. The van der Waals surface area contributed by atoms with E-state index in [1.165, 1.54) is 22.7 Å². The van der Waals surface area contributed by atoms with Crippen LogP contribution in [0.1, 0.15) is 36.4 Å². The van der Waals surface area contributed by atoms with Crippen molar-refractivity contribution in [3.05, 3.63) is 50.1 Å². The maximum Gasteiger partial charge on any atom is 0.262 e. The molecular weight excluding hydrogens is 594 g/mol. The lowest BCUT2D eigenvalue weighted by Gasteiger charge is -2.20. The summed E-state index contributed by atoms with van der Waals surface area (Å²) in [5.41, 5.74) is 0. The van der Waals surface area contributed by atoms with Crippen molar-refractivity contribution >= 4 is 82.1 Å². The zero-order valence-corrected chi connectivity index (χ0v) is 24.3. The van der Waals surface area contributed by atoms with Crippen molar-refractivity contribution in [1.82, 2.24) is 14.9 Å². The number of amides is 2. The minimum absolute atomic E-state index is 0.148. The summed E-state index contributed by atoms with van der Waals surface area (Å²) < 4.78 is 28.7. The van der Waals surface area contributed by atoms with Crippen LogP contribution in [-0.4, -0.2) is 50.7 Å². The highest BCUT2D eigenvalue weighted by molar-refractivity contribution is 9.10. The second-order valence-electron chi connectivity index (χ2n) is 8.46. The van der Waals surface area contributed by atoms with E-state index in [9.17, 15) is 18.0 Å². The van der Waals surface area contributed by atoms with Crippen LogP contribution >= 0.6 is 50.2 Å². The molecule has 2 aromatic heterocycles. The molecule has 1 aromatic carbocycles. The molecule has 2 heterocycles.